The van der Waals surface area contributed by atoms with E-state index in [1.54, 1.807) is 0 Å². The lowest BCUT2D eigenvalue weighted by molar-refractivity contribution is 1.97. The molecule has 0 amide bonds. The first-order valence-corrected chi connectivity index (χ1v) is 3.05. The lowest BCUT2D eigenvalue weighted by Gasteiger charge is -1.65. The molecule has 2 aromatic heterocycles. The van der Waals surface area contributed by atoms with Gasteiger partial charge in [0.05, 0.1) is 0 Å². The van der Waals surface area contributed by atoms with Gasteiger partial charge in [-0.2, -0.15) is 13.5 Å². The lowest BCUT2D eigenvalue weighted by atomic mass is 10.4. The van der Waals surface area contributed by atoms with Crippen LogP contribution in [0.25, 0.3) is 9.40 Å². The minimum atomic E-state index is 0. The Hall–Kier alpha value is -0.210. The fraction of sp³-hybridized carbons (Fsp3) is 0. The van der Waals surface area contributed by atoms with Crippen LogP contribution in [0.15, 0.2) is 24.3 Å². The van der Waals surface area contributed by atoms with E-state index in [2.05, 4.69) is 24.3 Å². The summed E-state index contributed by atoms with van der Waals surface area (Å²) in [7, 11) is 0. The van der Waals surface area contributed by atoms with Gasteiger partial charge in [-0.1, -0.05) is 0 Å². The van der Waals surface area contributed by atoms with Gasteiger partial charge in [0.1, 0.15) is 0 Å². The first-order valence-electron chi connectivity index (χ1n) is 2.23. The number of fused-ring (bicyclic) bond motifs is 2. The van der Waals surface area contributed by atoms with E-state index < -0.39 is 0 Å². The van der Waals surface area contributed by atoms with E-state index >= 15 is 0 Å². The molecule has 2 bridgehead atoms. The molecular formula is C6H6S2. The van der Waals surface area contributed by atoms with E-state index in [0.717, 1.165) is 0 Å². The van der Waals surface area contributed by atoms with Crippen molar-refractivity contribution in [2.45, 2.75) is 0 Å². The Bertz CT molecular complexity index is 203. The number of hydrogen-bond donors (Lipinski definition) is 0. The van der Waals surface area contributed by atoms with Crippen LogP contribution in [-0.2, 0) is 0 Å². The SMILES string of the molecule is S.c1cc2ccc1s2. The van der Waals surface area contributed by atoms with Crippen molar-refractivity contribution < 1.29 is 0 Å². The van der Waals surface area contributed by atoms with Crippen molar-refractivity contribution in [2.75, 3.05) is 0 Å². The normalized spacial score (nSPS) is 9.50. The molecule has 0 spiro atoms. The van der Waals surface area contributed by atoms with Crippen molar-refractivity contribution in [1.82, 2.24) is 0 Å². The molecule has 0 fully saturated rings. The molecule has 0 saturated carbocycles. The van der Waals surface area contributed by atoms with Crippen molar-refractivity contribution in [2.24, 2.45) is 0 Å². The van der Waals surface area contributed by atoms with Gasteiger partial charge >= 0.3 is 0 Å². The minimum absolute atomic E-state index is 0. The van der Waals surface area contributed by atoms with Crippen LogP contribution < -0.4 is 0 Å². The molecule has 8 heavy (non-hydrogen) atoms. The fourth-order valence-electron chi connectivity index (χ4n) is 0.712. The van der Waals surface area contributed by atoms with Crippen molar-refractivity contribution >= 4 is 34.2 Å². The Morgan fingerprint density at radius 3 is 1.38 bits per heavy atom. The average molecular weight is 142 g/mol. The van der Waals surface area contributed by atoms with E-state index in [1.807, 2.05) is 11.3 Å². The summed E-state index contributed by atoms with van der Waals surface area (Å²) in [5.74, 6) is 0. The van der Waals surface area contributed by atoms with Gasteiger partial charge in [0, 0.05) is 9.40 Å². The molecule has 0 nitrogen and oxygen atoms in total. The Morgan fingerprint density at radius 1 is 0.875 bits per heavy atom. The molecule has 2 heterocycles. The third-order valence-electron chi connectivity index (χ3n) is 1.06. The first-order chi connectivity index (χ1) is 3.45. The van der Waals surface area contributed by atoms with Crippen molar-refractivity contribution in [3.63, 3.8) is 0 Å². The van der Waals surface area contributed by atoms with E-state index in [1.165, 1.54) is 9.40 Å². The van der Waals surface area contributed by atoms with Crippen LogP contribution in [0.5, 0.6) is 0 Å². The molecule has 2 heteroatoms. The Kier molecular flexibility index (Phi) is 1.45. The number of hydrogen-bond acceptors (Lipinski definition) is 1. The minimum Gasteiger partial charge on any atom is -0.197 e. The van der Waals surface area contributed by atoms with Gasteiger partial charge in [0.25, 0.3) is 0 Å². The van der Waals surface area contributed by atoms with Gasteiger partial charge < -0.3 is 0 Å². The van der Waals surface area contributed by atoms with E-state index in [-0.39, 0.29) is 13.5 Å². The maximum absolute atomic E-state index is 2.14. The molecule has 42 valence electrons. The smallest absolute Gasteiger partial charge is 0.0277 e. The maximum Gasteiger partial charge on any atom is 0.0277 e. The summed E-state index contributed by atoms with van der Waals surface area (Å²) in [5.41, 5.74) is 0. The average Bonchev–Trinajstić information content (AvgIpc) is 2.22. The van der Waals surface area contributed by atoms with Crippen molar-refractivity contribution in [3.05, 3.63) is 24.3 Å². The molecule has 0 N–H and O–H groups in total. The van der Waals surface area contributed by atoms with Crippen molar-refractivity contribution in [3.8, 4) is 0 Å². The summed E-state index contributed by atoms with van der Waals surface area (Å²) >= 11 is 1.84. The topological polar surface area (TPSA) is 0 Å². The Morgan fingerprint density at radius 2 is 1.25 bits per heavy atom. The monoisotopic (exact) mass is 142 g/mol. The van der Waals surface area contributed by atoms with Gasteiger partial charge in [0.15, 0.2) is 0 Å². The second-order valence-corrected chi connectivity index (χ2v) is 2.72. The van der Waals surface area contributed by atoms with Crippen LogP contribution >= 0.6 is 24.8 Å². The van der Waals surface area contributed by atoms with E-state index in [4.69, 9.17) is 0 Å². The maximum atomic E-state index is 2.14. The quantitative estimate of drug-likeness (QED) is 0.530. The van der Waals surface area contributed by atoms with Crippen LogP contribution in [0.4, 0.5) is 0 Å². The highest BCUT2D eigenvalue weighted by Gasteiger charge is 1.89. The number of thiophene rings is 2. The highest BCUT2D eigenvalue weighted by Crippen LogP contribution is 2.22. The molecule has 0 aromatic carbocycles. The number of rotatable bonds is 0. The van der Waals surface area contributed by atoms with Gasteiger partial charge in [-0.15, -0.1) is 11.3 Å². The summed E-state index contributed by atoms with van der Waals surface area (Å²) in [6.07, 6.45) is 0. The number of benzene rings is 1. The van der Waals surface area contributed by atoms with Crippen LogP contribution in [0.2, 0.25) is 0 Å². The van der Waals surface area contributed by atoms with Crippen LogP contribution in [0.1, 0.15) is 0 Å². The predicted molar refractivity (Wildman–Crippen MR) is 43.4 cm³/mol. The molecule has 0 aliphatic rings. The van der Waals surface area contributed by atoms with Gasteiger partial charge in [-0.25, -0.2) is 0 Å². The summed E-state index contributed by atoms with van der Waals surface area (Å²) in [5, 5.41) is 0. The Labute approximate surface area is 58.9 Å². The molecule has 0 aliphatic carbocycles. The predicted octanol–water partition coefficient (Wildman–Crippen LogP) is 2.45. The molecule has 0 saturated heterocycles. The third-order valence-corrected chi connectivity index (χ3v) is 2.08. The zero-order chi connectivity index (χ0) is 4.69. The summed E-state index contributed by atoms with van der Waals surface area (Å²) in [4.78, 5) is 0. The highest BCUT2D eigenvalue weighted by molar-refractivity contribution is 7.59. The molecule has 2 aromatic rings. The summed E-state index contributed by atoms with van der Waals surface area (Å²) in [6.45, 7) is 0. The van der Waals surface area contributed by atoms with Gasteiger partial charge in [0.2, 0.25) is 0 Å². The fourth-order valence-corrected chi connectivity index (χ4v) is 1.53. The first kappa shape index (κ1) is 5.92. The summed E-state index contributed by atoms with van der Waals surface area (Å²) < 4.78 is 2.77. The van der Waals surface area contributed by atoms with E-state index in [0.29, 0.717) is 0 Å². The zero-order valence-corrected chi connectivity index (χ0v) is 6.03. The molecule has 0 atom stereocenters. The third kappa shape index (κ3) is 0.699. The molecule has 0 aliphatic heterocycles. The molecule has 0 radical (unpaired) electrons. The molecule has 0 unspecified atom stereocenters. The second kappa shape index (κ2) is 1.96. The summed E-state index contributed by atoms with van der Waals surface area (Å²) in [6, 6.07) is 8.56. The van der Waals surface area contributed by atoms with Crippen molar-refractivity contribution in [1.29, 1.82) is 0 Å². The van der Waals surface area contributed by atoms with Crippen LogP contribution in [0.3, 0.4) is 0 Å². The zero-order valence-electron chi connectivity index (χ0n) is 4.22. The van der Waals surface area contributed by atoms with E-state index in [9.17, 15) is 0 Å². The standard InChI is InChI=1S/C6H4S.H2S/c1-2-6-4-3-5(1)7-6;/h1-4H;1H2. The van der Waals surface area contributed by atoms with Gasteiger partial charge in [-0.05, 0) is 24.3 Å². The van der Waals surface area contributed by atoms with Gasteiger partial charge in [-0.3, -0.25) is 0 Å². The molecular weight excluding hydrogens is 136 g/mol. The second-order valence-electron chi connectivity index (χ2n) is 1.57. The highest BCUT2D eigenvalue weighted by atomic mass is 32.1. The molecule has 2 rings (SSSR count). The lowest BCUT2D eigenvalue weighted by Crippen LogP contribution is -1.43. The largest absolute Gasteiger partial charge is 0.197 e. The van der Waals surface area contributed by atoms with Crippen LogP contribution in [-0.4, -0.2) is 0 Å². The van der Waals surface area contributed by atoms with Crippen LogP contribution in [0, 0.1) is 0 Å². The Balaban J connectivity index is 0.000000320.